The van der Waals surface area contributed by atoms with Crippen molar-refractivity contribution in [3.8, 4) is 0 Å². The Hall–Kier alpha value is -2.53. The molecule has 0 aliphatic rings. The minimum atomic E-state index is -0.720. The maximum Gasteiger partial charge on any atom is 0.243 e. The third-order valence-corrected chi connectivity index (χ3v) is 6.37. The number of hydrogen-bond acceptors (Lipinski definition) is 2. The second-order valence-corrected chi connectivity index (χ2v) is 10.8. The van der Waals surface area contributed by atoms with Crippen LogP contribution in [0.3, 0.4) is 0 Å². The molecule has 2 amide bonds. The van der Waals surface area contributed by atoms with Crippen LogP contribution in [0, 0.1) is 0 Å². The van der Waals surface area contributed by atoms with Crippen molar-refractivity contribution in [2.75, 3.05) is 0 Å². The highest BCUT2D eigenvalue weighted by molar-refractivity contribution is 6.42. The van der Waals surface area contributed by atoms with E-state index in [2.05, 4.69) is 5.32 Å². The summed E-state index contributed by atoms with van der Waals surface area (Å²) in [5.41, 5.74) is 2.11. The Labute approximate surface area is 222 Å². The van der Waals surface area contributed by atoms with Crippen molar-refractivity contribution in [2.45, 2.75) is 51.7 Å². The van der Waals surface area contributed by atoms with Crippen molar-refractivity contribution in [1.29, 1.82) is 0 Å². The lowest BCUT2D eigenvalue weighted by Crippen LogP contribution is -2.54. The number of carbonyl (C=O) groups excluding carboxylic acids is 2. The summed E-state index contributed by atoms with van der Waals surface area (Å²) in [5.74, 6) is -0.402. The lowest BCUT2D eigenvalue weighted by Gasteiger charge is -2.34. The molecule has 184 valence electrons. The Balaban J connectivity index is 1.99. The Morgan fingerprint density at radius 2 is 1.46 bits per heavy atom. The standard InChI is InChI=1S/C28H29Cl3N2O2/c1-28(2,3)32-27(35)25(16-19-7-5-4-6-8-19)33(18-20-9-12-22(29)13-10-20)26(34)17-21-11-14-23(30)24(31)15-21/h4-15,25H,16-18H2,1-3H3,(H,32,35). The Morgan fingerprint density at radius 1 is 0.829 bits per heavy atom. The summed E-state index contributed by atoms with van der Waals surface area (Å²) in [4.78, 5) is 28.9. The van der Waals surface area contributed by atoms with E-state index in [9.17, 15) is 9.59 Å². The second-order valence-electron chi connectivity index (χ2n) is 9.52. The van der Waals surface area contributed by atoms with Crippen molar-refractivity contribution in [1.82, 2.24) is 10.2 Å². The molecule has 0 saturated heterocycles. The van der Waals surface area contributed by atoms with Gasteiger partial charge < -0.3 is 10.2 Å². The van der Waals surface area contributed by atoms with Gasteiger partial charge in [0.05, 0.1) is 16.5 Å². The van der Waals surface area contributed by atoms with Gasteiger partial charge in [0, 0.05) is 23.5 Å². The lowest BCUT2D eigenvalue weighted by atomic mass is 10.00. The van der Waals surface area contributed by atoms with Gasteiger partial charge in [0.1, 0.15) is 6.04 Å². The zero-order valence-corrected chi connectivity index (χ0v) is 22.3. The van der Waals surface area contributed by atoms with E-state index in [1.54, 1.807) is 35.2 Å². The van der Waals surface area contributed by atoms with Crippen molar-refractivity contribution in [3.05, 3.63) is 105 Å². The zero-order valence-electron chi connectivity index (χ0n) is 20.0. The molecule has 4 nitrogen and oxygen atoms in total. The quantitative estimate of drug-likeness (QED) is 0.350. The SMILES string of the molecule is CC(C)(C)NC(=O)C(Cc1ccccc1)N(Cc1ccc(Cl)cc1)C(=O)Cc1ccc(Cl)c(Cl)c1. The smallest absolute Gasteiger partial charge is 0.243 e. The summed E-state index contributed by atoms with van der Waals surface area (Å²) < 4.78 is 0. The molecule has 0 saturated carbocycles. The van der Waals surface area contributed by atoms with E-state index in [1.165, 1.54) is 0 Å². The van der Waals surface area contributed by atoms with E-state index in [-0.39, 0.29) is 24.8 Å². The molecular formula is C28H29Cl3N2O2. The number of benzene rings is 3. The molecule has 3 rings (SSSR count). The van der Waals surface area contributed by atoms with Gasteiger partial charge in [0.15, 0.2) is 0 Å². The number of hydrogen-bond donors (Lipinski definition) is 1. The largest absolute Gasteiger partial charge is 0.350 e. The van der Waals surface area contributed by atoms with Crippen LogP contribution in [-0.4, -0.2) is 28.3 Å². The summed E-state index contributed by atoms with van der Waals surface area (Å²) >= 11 is 18.3. The van der Waals surface area contributed by atoms with Gasteiger partial charge in [-0.1, -0.05) is 83.3 Å². The van der Waals surface area contributed by atoms with Crippen molar-refractivity contribution in [3.63, 3.8) is 0 Å². The average Bonchev–Trinajstić information content (AvgIpc) is 2.79. The fraction of sp³-hybridized carbons (Fsp3) is 0.286. The molecule has 0 bridgehead atoms. The van der Waals surface area contributed by atoms with Crippen LogP contribution in [0.25, 0.3) is 0 Å². The van der Waals surface area contributed by atoms with Crippen LogP contribution in [0.15, 0.2) is 72.8 Å². The maximum atomic E-state index is 13.7. The van der Waals surface area contributed by atoms with Crippen LogP contribution in [-0.2, 0) is 29.0 Å². The normalized spacial score (nSPS) is 12.2. The molecule has 1 atom stereocenters. The van der Waals surface area contributed by atoms with Gasteiger partial charge in [-0.25, -0.2) is 0 Å². The number of nitrogens with zero attached hydrogens (tertiary/aromatic N) is 1. The molecule has 0 aliphatic heterocycles. The number of amides is 2. The van der Waals surface area contributed by atoms with E-state index < -0.39 is 11.6 Å². The first-order valence-corrected chi connectivity index (χ1v) is 12.5. The number of halogens is 3. The first-order valence-electron chi connectivity index (χ1n) is 11.4. The van der Waals surface area contributed by atoms with Gasteiger partial charge in [-0.15, -0.1) is 0 Å². The summed E-state index contributed by atoms with van der Waals surface area (Å²) in [5, 5.41) is 4.47. The van der Waals surface area contributed by atoms with Crippen molar-refractivity contribution >= 4 is 46.6 Å². The number of rotatable bonds is 8. The van der Waals surface area contributed by atoms with Crippen LogP contribution in [0.4, 0.5) is 0 Å². The van der Waals surface area contributed by atoms with Gasteiger partial charge in [0.25, 0.3) is 0 Å². The molecule has 0 fully saturated rings. The van der Waals surface area contributed by atoms with Gasteiger partial charge >= 0.3 is 0 Å². The van der Waals surface area contributed by atoms with Crippen molar-refractivity contribution in [2.24, 2.45) is 0 Å². The lowest BCUT2D eigenvalue weighted by molar-refractivity contribution is -0.141. The van der Waals surface area contributed by atoms with Crippen LogP contribution in [0.1, 0.15) is 37.5 Å². The van der Waals surface area contributed by atoms with Gasteiger partial charge in [-0.3, -0.25) is 9.59 Å². The second kappa shape index (κ2) is 11.9. The number of nitrogens with one attached hydrogen (secondary N) is 1. The Bertz CT molecular complexity index is 1160. The van der Waals surface area contributed by atoms with Crippen LogP contribution < -0.4 is 5.32 Å². The van der Waals surface area contributed by atoms with Crippen LogP contribution in [0.2, 0.25) is 15.1 Å². The molecular weight excluding hydrogens is 503 g/mol. The summed E-state index contributed by atoms with van der Waals surface area (Å²) in [7, 11) is 0. The summed E-state index contributed by atoms with van der Waals surface area (Å²) in [6, 6.07) is 21.4. The Kier molecular flexibility index (Phi) is 9.23. The van der Waals surface area contributed by atoms with Gasteiger partial charge in [-0.2, -0.15) is 0 Å². The third-order valence-electron chi connectivity index (χ3n) is 5.37. The molecule has 3 aromatic carbocycles. The topological polar surface area (TPSA) is 49.4 Å². The molecule has 1 N–H and O–H groups in total. The molecule has 7 heteroatoms. The summed E-state index contributed by atoms with van der Waals surface area (Å²) in [6.45, 7) is 6.02. The third kappa shape index (κ3) is 8.28. The summed E-state index contributed by atoms with van der Waals surface area (Å²) in [6.07, 6.45) is 0.460. The highest BCUT2D eigenvalue weighted by Gasteiger charge is 2.32. The van der Waals surface area contributed by atoms with E-state index in [0.29, 0.717) is 21.5 Å². The molecule has 0 aromatic heterocycles. The predicted molar refractivity (Wildman–Crippen MR) is 144 cm³/mol. The molecule has 0 radical (unpaired) electrons. The highest BCUT2D eigenvalue weighted by atomic mass is 35.5. The van der Waals surface area contributed by atoms with Gasteiger partial charge in [0.2, 0.25) is 11.8 Å². The first kappa shape index (κ1) is 27.1. The molecule has 0 aliphatic carbocycles. The predicted octanol–water partition coefficient (Wildman–Crippen LogP) is 6.74. The first-order chi connectivity index (χ1) is 16.5. The molecule has 0 spiro atoms. The van der Waals surface area contributed by atoms with Crippen LogP contribution in [0.5, 0.6) is 0 Å². The molecule has 0 heterocycles. The minimum Gasteiger partial charge on any atom is -0.350 e. The monoisotopic (exact) mass is 530 g/mol. The average molecular weight is 532 g/mol. The van der Waals surface area contributed by atoms with E-state index in [1.807, 2.05) is 63.2 Å². The number of carbonyl (C=O) groups is 2. The minimum absolute atomic E-state index is 0.0819. The van der Waals surface area contributed by atoms with Gasteiger partial charge in [-0.05, 0) is 61.7 Å². The van der Waals surface area contributed by atoms with Crippen molar-refractivity contribution < 1.29 is 9.59 Å². The van der Waals surface area contributed by atoms with E-state index >= 15 is 0 Å². The maximum absolute atomic E-state index is 13.7. The molecule has 35 heavy (non-hydrogen) atoms. The molecule has 1 unspecified atom stereocenters. The van der Waals surface area contributed by atoms with Crippen LogP contribution >= 0.6 is 34.8 Å². The molecule has 3 aromatic rings. The Morgan fingerprint density at radius 3 is 2.06 bits per heavy atom. The fourth-order valence-electron chi connectivity index (χ4n) is 3.72. The highest BCUT2D eigenvalue weighted by Crippen LogP contribution is 2.24. The van der Waals surface area contributed by atoms with E-state index in [4.69, 9.17) is 34.8 Å². The fourth-order valence-corrected chi connectivity index (χ4v) is 4.17. The van der Waals surface area contributed by atoms with E-state index in [0.717, 1.165) is 16.7 Å². The zero-order chi connectivity index (χ0) is 25.6.